The molecule has 2 aromatic rings. The van der Waals surface area contributed by atoms with Crippen LogP contribution in [0, 0.1) is 5.82 Å². The zero-order valence-electron chi connectivity index (χ0n) is 7.09. The second-order valence-electron chi connectivity index (χ2n) is 2.74. The van der Waals surface area contributed by atoms with E-state index in [2.05, 4.69) is 5.10 Å². The monoisotopic (exact) mass is 198 g/mol. The van der Waals surface area contributed by atoms with Crippen molar-refractivity contribution in [3.8, 4) is 0 Å². The molecule has 2 nitrogen and oxygen atoms in total. The molecule has 0 saturated heterocycles. The van der Waals surface area contributed by atoms with Crippen LogP contribution >= 0.6 is 11.6 Å². The Labute approximate surface area is 79.9 Å². The highest BCUT2D eigenvalue weighted by Gasteiger charge is 2.10. The highest BCUT2D eigenvalue weighted by molar-refractivity contribution is 6.34. The molecule has 0 radical (unpaired) electrons. The number of aromatic nitrogens is 2. The number of nitrogens with zero attached hydrogens (tertiary/aromatic N) is 2. The Hall–Kier alpha value is -1.09. The fourth-order valence-corrected chi connectivity index (χ4v) is 1.61. The third-order valence-corrected chi connectivity index (χ3v) is 2.35. The van der Waals surface area contributed by atoms with Crippen LogP contribution in [-0.2, 0) is 6.54 Å². The van der Waals surface area contributed by atoms with Crippen LogP contribution in [0.25, 0.3) is 10.9 Å². The molecular weight excluding hydrogens is 191 g/mol. The van der Waals surface area contributed by atoms with E-state index in [1.54, 1.807) is 16.8 Å². The van der Waals surface area contributed by atoms with Gasteiger partial charge >= 0.3 is 0 Å². The summed E-state index contributed by atoms with van der Waals surface area (Å²) < 4.78 is 14.8. The number of aryl methyl sites for hydroxylation is 1. The number of fused-ring (bicyclic) bond motifs is 1. The molecule has 0 amide bonds. The third kappa shape index (κ3) is 1.20. The van der Waals surface area contributed by atoms with E-state index in [-0.39, 0.29) is 5.82 Å². The van der Waals surface area contributed by atoms with Crippen molar-refractivity contribution in [2.75, 3.05) is 0 Å². The molecule has 2 rings (SSSR count). The van der Waals surface area contributed by atoms with Gasteiger partial charge in [0.1, 0.15) is 10.7 Å². The summed E-state index contributed by atoms with van der Waals surface area (Å²) in [6, 6.07) is 4.77. The van der Waals surface area contributed by atoms with Gasteiger partial charge < -0.3 is 0 Å². The van der Waals surface area contributed by atoms with E-state index in [1.807, 2.05) is 6.92 Å². The topological polar surface area (TPSA) is 17.8 Å². The van der Waals surface area contributed by atoms with E-state index in [4.69, 9.17) is 11.6 Å². The maximum absolute atomic E-state index is 13.2. The summed E-state index contributed by atoms with van der Waals surface area (Å²) in [4.78, 5) is 0. The van der Waals surface area contributed by atoms with Gasteiger partial charge in [-0.3, -0.25) is 4.68 Å². The molecule has 0 spiro atoms. The van der Waals surface area contributed by atoms with Crippen molar-refractivity contribution in [1.82, 2.24) is 9.78 Å². The molecule has 0 saturated carbocycles. The molecule has 0 atom stereocenters. The largest absolute Gasteiger partial charge is 0.253 e. The maximum Gasteiger partial charge on any atom is 0.151 e. The fourth-order valence-electron chi connectivity index (χ4n) is 1.30. The Morgan fingerprint density at radius 2 is 2.31 bits per heavy atom. The van der Waals surface area contributed by atoms with E-state index in [0.29, 0.717) is 22.6 Å². The average molecular weight is 199 g/mol. The highest BCUT2D eigenvalue weighted by Crippen LogP contribution is 2.24. The van der Waals surface area contributed by atoms with Gasteiger partial charge in [0.15, 0.2) is 5.82 Å². The molecule has 0 aliphatic heterocycles. The Morgan fingerprint density at radius 1 is 1.54 bits per heavy atom. The number of halogens is 2. The van der Waals surface area contributed by atoms with E-state index < -0.39 is 0 Å². The molecule has 4 heteroatoms. The SMILES string of the molecule is CCn1nc2c(F)cccc2c1Cl. The van der Waals surface area contributed by atoms with Crippen LogP contribution in [0.15, 0.2) is 18.2 Å². The van der Waals surface area contributed by atoms with Gasteiger partial charge in [-0.05, 0) is 19.1 Å². The Balaban J connectivity index is 2.83. The van der Waals surface area contributed by atoms with Gasteiger partial charge in [0, 0.05) is 11.9 Å². The summed E-state index contributed by atoms with van der Waals surface area (Å²) in [6.07, 6.45) is 0. The van der Waals surface area contributed by atoms with Gasteiger partial charge in [-0.2, -0.15) is 5.10 Å². The summed E-state index contributed by atoms with van der Waals surface area (Å²) in [5.41, 5.74) is 0.342. The van der Waals surface area contributed by atoms with Crippen LogP contribution in [0.4, 0.5) is 4.39 Å². The molecule has 0 fully saturated rings. The molecule has 1 aromatic carbocycles. The normalized spacial score (nSPS) is 11.0. The van der Waals surface area contributed by atoms with Crippen LogP contribution < -0.4 is 0 Å². The average Bonchev–Trinajstić information content (AvgIpc) is 2.45. The van der Waals surface area contributed by atoms with Crippen molar-refractivity contribution in [1.29, 1.82) is 0 Å². The van der Waals surface area contributed by atoms with E-state index in [9.17, 15) is 4.39 Å². The first kappa shape index (κ1) is 8.51. The highest BCUT2D eigenvalue weighted by atomic mass is 35.5. The second kappa shape index (κ2) is 3.00. The second-order valence-corrected chi connectivity index (χ2v) is 3.10. The molecule has 0 N–H and O–H groups in total. The predicted molar refractivity (Wildman–Crippen MR) is 50.4 cm³/mol. The van der Waals surface area contributed by atoms with Crippen molar-refractivity contribution in [3.63, 3.8) is 0 Å². The van der Waals surface area contributed by atoms with Crippen molar-refractivity contribution in [2.45, 2.75) is 13.5 Å². The lowest BCUT2D eigenvalue weighted by Crippen LogP contribution is -1.95. The van der Waals surface area contributed by atoms with Crippen molar-refractivity contribution in [3.05, 3.63) is 29.2 Å². The Morgan fingerprint density at radius 3 is 2.92 bits per heavy atom. The minimum absolute atomic E-state index is 0.327. The summed E-state index contributed by atoms with van der Waals surface area (Å²) in [6.45, 7) is 2.56. The van der Waals surface area contributed by atoms with Gasteiger partial charge in [0.25, 0.3) is 0 Å². The Bertz CT molecular complexity index is 450. The molecule has 0 aliphatic carbocycles. The lowest BCUT2D eigenvalue weighted by molar-refractivity contribution is 0.623. The summed E-state index contributed by atoms with van der Waals surface area (Å²) >= 11 is 5.96. The lowest BCUT2D eigenvalue weighted by Gasteiger charge is -1.93. The number of rotatable bonds is 1. The quantitative estimate of drug-likeness (QED) is 0.689. The standard InChI is InChI=1S/C9H8ClFN2/c1-2-13-9(10)6-4-3-5-7(11)8(6)12-13/h3-5H,2H2,1H3. The molecule has 68 valence electrons. The zero-order chi connectivity index (χ0) is 9.42. The maximum atomic E-state index is 13.2. The lowest BCUT2D eigenvalue weighted by atomic mass is 10.2. The minimum atomic E-state index is -0.327. The number of hydrogen-bond acceptors (Lipinski definition) is 1. The van der Waals surface area contributed by atoms with Crippen molar-refractivity contribution < 1.29 is 4.39 Å². The van der Waals surface area contributed by atoms with Crippen LogP contribution in [0.3, 0.4) is 0 Å². The summed E-state index contributed by atoms with van der Waals surface area (Å²) in [5, 5.41) is 5.21. The van der Waals surface area contributed by atoms with E-state index >= 15 is 0 Å². The van der Waals surface area contributed by atoms with Gasteiger partial charge in [-0.15, -0.1) is 0 Å². The smallest absolute Gasteiger partial charge is 0.151 e. The third-order valence-electron chi connectivity index (χ3n) is 1.96. The number of benzene rings is 1. The summed E-state index contributed by atoms with van der Waals surface area (Å²) in [7, 11) is 0. The van der Waals surface area contributed by atoms with Gasteiger partial charge in [-0.25, -0.2) is 4.39 Å². The van der Waals surface area contributed by atoms with Crippen LogP contribution in [0.5, 0.6) is 0 Å². The van der Waals surface area contributed by atoms with Crippen molar-refractivity contribution in [2.24, 2.45) is 0 Å². The Kier molecular flexibility index (Phi) is 1.96. The molecule has 1 heterocycles. The van der Waals surface area contributed by atoms with Crippen LogP contribution in [-0.4, -0.2) is 9.78 Å². The van der Waals surface area contributed by atoms with E-state index in [1.165, 1.54) is 6.07 Å². The number of hydrogen-bond donors (Lipinski definition) is 0. The predicted octanol–water partition coefficient (Wildman–Crippen LogP) is 2.85. The molecule has 1 aromatic heterocycles. The van der Waals surface area contributed by atoms with Gasteiger partial charge in [0.05, 0.1) is 0 Å². The first-order valence-electron chi connectivity index (χ1n) is 4.04. The van der Waals surface area contributed by atoms with Crippen molar-refractivity contribution >= 4 is 22.5 Å². The molecule has 13 heavy (non-hydrogen) atoms. The van der Waals surface area contributed by atoms with Crippen LogP contribution in [0.1, 0.15) is 6.92 Å². The first-order chi connectivity index (χ1) is 6.24. The molecule has 0 bridgehead atoms. The molecule has 0 aliphatic rings. The van der Waals surface area contributed by atoms with E-state index in [0.717, 1.165) is 0 Å². The van der Waals surface area contributed by atoms with Gasteiger partial charge in [-0.1, -0.05) is 17.7 Å². The zero-order valence-corrected chi connectivity index (χ0v) is 7.85. The van der Waals surface area contributed by atoms with Gasteiger partial charge in [0.2, 0.25) is 0 Å². The first-order valence-corrected chi connectivity index (χ1v) is 4.42. The fraction of sp³-hybridized carbons (Fsp3) is 0.222. The summed E-state index contributed by atoms with van der Waals surface area (Å²) in [5.74, 6) is -0.327. The molecular formula is C9H8ClFN2. The molecule has 0 unspecified atom stereocenters. The minimum Gasteiger partial charge on any atom is -0.253 e. The van der Waals surface area contributed by atoms with Crippen LogP contribution in [0.2, 0.25) is 5.15 Å².